The fraction of sp³-hybridized carbons (Fsp3) is 0.565. The maximum Gasteiger partial charge on any atom is 0.246 e. The molecule has 170 valence electrons. The summed E-state index contributed by atoms with van der Waals surface area (Å²) in [6.45, 7) is 13.5. The number of amides is 2. The molecule has 1 aromatic carbocycles. The summed E-state index contributed by atoms with van der Waals surface area (Å²) in [5, 5.41) is 13.9. The predicted octanol–water partition coefficient (Wildman–Crippen LogP) is 2.90. The first-order valence-electron chi connectivity index (χ1n) is 11.0. The van der Waals surface area contributed by atoms with Crippen molar-refractivity contribution in [2.75, 3.05) is 44.6 Å². The van der Waals surface area contributed by atoms with Gasteiger partial charge in [0.05, 0.1) is 12.2 Å². The highest BCUT2D eigenvalue weighted by Gasteiger charge is 2.38. The molecular formula is C23H33ClN4O3. The molecule has 1 aromatic rings. The molecule has 0 radical (unpaired) electrons. The molecule has 2 heterocycles. The van der Waals surface area contributed by atoms with E-state index in [1.807, 2.05) is 11.0 Å². The predicted molar refractivity (Wildman–Crippen MR) is 124 cm³/mol. The van der Waals surface area contributed by atoms with Gasteiger partial charge < -0.3 is 20.2 Å². The number of likely N-dealkylation sites (tertiary alicyclic amines) is 1. The number of nitrogens with zero attached hydrogens (tertiary/aromatic N) is 3. The average Bonchev–Trinajstić information content (AvgIpc) is 2.72. The van der Waals surface area contributed by atoms with Gasteiger partial charge in [0, 0.05) is 55.9 Å². The molecule has 7 nitrogen and oxygen atoms in total. The number of benzene rings is 1. The standard InChI is InChI=1S/C23H33ClN4O3/c1-5-15(3)18-9-20(21(29)10-19(18)24)25-11-23(31)26-7-8-28(16(4)12-26)17-13-27(14-17)22(30)6-2/h6,9-10,15-17,25,29H,2,5,7-8,11-14H2,1,3-4H3. The molecule has 2 N–H and O–H groups in total. The molecule has 0 bridgehead atoms. The molecule has 2 fully saturated rings. The van der Waals surface area contributed by atoms with Crippen LogP contribution in [0.3, 0.4) is 0 Å². The molecule has 2 aliphatic rings. The van der Waals surface area contributed by atoms with Crippen LogP contribution in [0, 0.1) is 0 Å². The lowest BCUT2D eigenvalue weighted by molar-refractivity contribution is -0.138. The van der Waals surface area contributed by atoms with E-state index in [1.165, 1.54) is 12.1 Å². The Hall–Kier alpha value is -2.25. The molecule has 8 heteroatoms. The van der Waals surface area contributed by atoms with Crippen LogP contribution in [0.25, 0.3) is 0 Å². The van der Waals surface area contributed by atoms with Crippen molar-refractivity contribution in [2.45, 2.75) is 45.2 Å². The van der Waals surface area contributed by atoms with E-state index in [0.29, 0.717) is 29.8 Å². The molecule has 3 rings (SSSR count). The summed E-state index contributed by atoms with van der Waals surface area (Å²) in [4.78, 5) is 30.5. The SMILES string of the molecule is C=CC(=O)N1CC(N2CCN(C(=O)CNc3cc(C(C)CC)c(Cl)cc3O)CC2C)C1. The Balaban J connectivity index is 1.52. The summed E-state index contributed by atoms with van der Waals surface area (Å²) in [6.07, 6.45) is 2.29. The van der Waals surface area contributed by atoms with Crippen molar-refractivity contribution in [2.24, 2.45) is 0 Å². The monoisotopic (exact) mass is 448 g/mol. The van der Waals surface area contributed by atoms with Crippen molar-refractivity contribution in [3.8, 4) is 5.75 Å². The van der Waals surface area contributed by atoms with Gasteiger partial charge in [0.2, 0.25) is 11.8 Å². The second-order valence-electron chi connectivity index (χ2n) is 8.58. The normalized spacial score (nSPS) is 20.8. The van der Waals surface area contributed by atoms with Crippen LogP contribution in [0.4, 0.5) is 5.69 Å². The van der Waals surface area contributed by atoms with Gasteiger partial charge in [-0.25, -0.2) is 0 Å². The zero-order valence-corrected chi connectivity index (χ0v) is 19.4. The number of rotatable bonds is 7. The molecule has 2 unspecified atom stereocenters. The van der Waals surface area contributed by atoms with Gasteiger partial charge in [-0.3, -0.25) is 14.5 Å². The van der Waals surface area contributed by atoms with E-state index >= 15 is 0 Å². The number of halogens is 1. The third-order valence-electron chi connectivity index (χ3n) is 6.54. The van der Waals surface area contributed by atoms with Gasteiger partial charge in [0.25, 0.3) is 0 Å². The van der Waals surface area contributed by atoms with Crippen LogP contribution in [0.1, 0.15) is 38.7 Å². The molecule has 0 aliphatic carbocycles. The number of piperazine rings is 1. The van der Waals surface area contributed by atoms with Gasteiger partial charge in [-0.15, -0.1) is 0 Å². The third-order valence-corrected chi connectivity index (χ3v) is 6.86. The lowest BCUT2D eigenvalue weighted by Gasteiger charge is -2.50. The highest BCUT2D eigenvalue weighted by Crippen LogP contribution is 2.35. The number of phenols is 1. The molecule has 0 saturated carbocycles. The van der Waals surface area contributed by atoms with E-state index in [1.54, 1.807) is 4.90 Å². The quantitative estimate of drug-likeness (QED) is 0.495. The molecule has 31 heavy (non-hydrogen) atoms. The number of carbonyl (C=O) groups is 2. The van der Waals surface area contributed by atoms with Crippen LogP contribution >= 0.6 is 11.6 Å². The van der Waals surface area contributed by atoms with Crippen LogP contribution in [0.15, 0.2) is 24.8 Å². The van der Waals surface area contributed by atoms with Gasteiger partial charge in [-0.2, -0.15) is 0 Å². The van der Waals surface area contributed by atoms with Crippen molar-refractivity contribution < 1.29 is 14.7 Å². The number of hydrogen-bond acceptors (Lipinski definition) is 5. The molecular weight excluding hydrogens is 416 g/mol. The number of carbonyl (C=O) groups excluding carboxylic acids is 2. The summed E-state index contributed by atoms with van der Waals surface area (Å²) in [7, 11) is 0. The van der Waals surface area contributed by atoms with Crippen LogP contribution in [0.5, 0.6) is 5.75 Å². The minimum absolute atomic E-state index is 0.00279. The number of aromatic hydroxyl groups is 1. The van der Waals surface area contributed by atoms with Crippen LogP contribution in [-0.4, -0.2) is 83.0 Å². The first kappa shape index (κ1) is 23.4. The first-order chi connectivity index (χ1) is 14.7. The molecule has 2 atom stereocenters. The average molecular weight is 449 g/mol. The summed E-state index contributed by atoms with van der Waals surface area (Å²) in [5.41, 5.74) is 1.49. The fourth-order valence-corrected chi connectivity index (χ4v) is 4.66. The molecule has 2 aliphatic heterocycles. The summed E-state index contributed by atoms with van der Waals surface area (Å²) < 4.78 is 0. The molecule has 2 amide bonds. The zero-order valence-electron chi connectivity index (χ0n) is 18.6. The van der Waals surface area contributed by atoms with E-state index in [-0.39, 0.29) is 36.1 Å². The maximum absolute atomic E-state index is 12.8. The minimum atomic E-state index is -0.0225. The van der Waals surface area contributed by atoms with Crippen molar-refractivity contribution in [1.29, 1.82) is 0 Å². The molecule has 0 aromatic heterocycles. The smallest absolute Gasteiger partial charge is 0.246 e. The van der Waals surface area contributed by atoms with E-state index in [0.717, 1.165) is 31.6 Å². The van der Waals surface area contributed by atoms with Gasteiger partial charge in [-0.05, 0) is 37.0 Å². The summed E-state index contributed by atoms with van der Waals surface area (Å²) >= 11 is 6.27. The highest BCUT2D eigenvalue weighted by atomic mass is 35.5. The number of nitrogens with one attached hydrogen (secondary N) is 1. The largest absolute Gasteiger partial charge is 0.506 e. The van der Waals surface area contributed by atoms with Gasteiger partial charge >= 0.3 is 0 Å². The third kappa shape index (κ3) is 5.15. The van der Waals surface area contributed by atoms with Crippen molar-refractivity contribution in [3.63, 3.8) is 0 Å². The first-order valence-corrected chi connectivity index (χ1v) is 11.3. The summed E-state index contributed by atoms with van der Waals surface area (Å²) in [5.74, 6) is 0.294. The second kappa shape index (κ2) is 9.92. The molecule has 2 saturated heterocycles. The Morgan fingerprint density at radius 1 is 1.29 bits per heavy atom. The lowest BCUT2D eigenvalue weighted by Crippen LogP contribution is -2.66. The second-order valence-corrected chi connectivity index (χ2v) is 8.99. The Labute approximate surface area is 189 Å². The Morgan fingerprint density at radius 3 is 2.61 bits per heavy atom. The van der Waals surface area contributed by atoms with E-state index in [4.69, 9.17) is 11.6 Å². The summed E-state index contributed by atoms with van der Waals surface area (Å²) in [6, 6.07) is 3.95. The van der Waals surface area contributed by atoms with E-state index in [2.05, 4.69) is 37.6 Å². The Morgan fingerprint density at radius 2 is 2.00 bits per heavy atom. The Kier molecular flexibility index (Phi) is 7.49. The lowest BCUT2D eigenvalue weighted by atomic mass is 9.98. The minimum Gasteiger partial charge on any atom is -0.506 e. The van der Waals surface area contributed by atoms with Gasteiger partial charge in [-0.1, -0.05) is 32.0 Å². The number of phenolic OH excluding ortho intramolecular Hbond substituents is 1. The molecule has 0 spiro atoms. The van der Waals surface area contributed by atoms with E-state index < -0.39 is 0 Å². The topological polar surface area (TPSA) is 76.1 Å². The maximum atomic E-state index is 12.8. The van der Waals surface area contributed by atoms with Crippen molar-refractivity contribution >= 4 is 29.1 Å². The van der Waals surface area contributed by atoms with Crippen molar-refractivity contribution in [1.82, 2.24) is 14.7 Å². The van der Waals surface area contributed by atoms with E-state index in [9.17, 15) is 14.7 Å². The zero-order chi connectivity index (χ0) is 22.7. The number of anilines is 1. The van der Waals surface area contributed by atoms with Gasteiger partial charge in [0.1, 0.15) is 5.75 Å². The van der Waals surface area contributed by atoms with Crippen LogP contribution in [0.2, 0.25) is 5.02 Å². The van der Waals surface area contributed by atoms with Gasteiger partial charge in [0.15, 0.2) is 0 Å². The van der Waals surface area contributed by atoms with Crippen LogP contribution < -0.4 is 5.32 Å². The highest BCUT2D eigenvalue weighted by molar-refractivity contribution is 6.31. The fourth-order valence-electron chi connectivity index (χ4n) is 4.32. The van der Waals surface area contributed by atoms with Crippen LogP contribution in [-0.2, 0) is 9.59 Å². The number of hydrogen-bond donors (Lipinski definition) is 2. The van der Waals surface area contributed by atoms with Crippen molar-refractivity contribution in [3.05, 3.63) is 35.4 Å². The Bertz CT molecular complexity index is 840.